The molecule has 1 heterocycles. The van der Waals surface area contributed by atoms with Gasteiger partial charge >= 0.3 is 18.4 Å². The van der Waals surface area contributed by atoms with Crippen molar-refractivity contribution in [3.8, 4) is 0 Å². The fourth-order valence-corrected chi connectivity index (χ4v) is 3.45. The molecule has 9 heteroatoms. The Morgan fingerprint density at radius 2 is 1.46 bits per heavy atom. The predicted molar refractivity (Wildman–Crippen MR) is 126 cm³/mol. The van der Waals surface area contributed by atoms with E-state index in [4.69, 9.17) is 9.90 Å². The van der Waals surface area contributed by atoms with Crippen LogP contribution < -0.4 is 0 Å². The van der Waals surface area contributed by atoms with Gasteiger partial charge in [0.25, 0.3) is 0 Å². The van der Waals surface area contributed by atoms with Crippen molar-refractivity contribution < 1.29 is 37.7 Å². The van der Waals surface area contributed by atoms with Crippen LogP contribution in [0.4, 0.5) is 13.3 Å². The number of hydrogen-bond donors (Lipinski definition) is 1. The Bertz CT molecular complexity index is 1040. The highest BCUT2D eigenvalue weighted by atomic mass is 19.3. The molecule has 0 radical (unpaired) electrons. The van der Waals surface area contributed by atoms with Crippen LogP contribution in [0.15, 0.2) is 60.7 Å². The van der Waals surface area contributed by atoms with E-state index in [-0.39, 0.29) is 5.78 Å². The number of carboxylic acids is 1. The average molecular weight is 489 g/mol. The average Bonchev–Trinajstić information content (AvgIpc) is 2.87. The first-order valence-corrected chi connectivity index (χ1v) is 10.8. The Balaban J connectivity index is 0.000000540. The van der Waals surface area contributed by atoms with Gasteiger partial charge in [-0.05, 0) is 67.7 Å². The molecule has 0 amide bonds. The van der Waals surface area contributed by atoms with E-state index in [0.717, 1.165) is 30.3 Å². The minimum absolute atomic E-state index is 0.0234. The third-order valence-electron chi connectivity index (χ3n) is 5.42. The summed E-state index contributed by atoms with van der Waals surface area (Å²) in [5, 5.41) is 8.65. The number of piperidine rings is 1. The van der Waals surface area contributed by atoms with Gasteiger partial charge in [-0.3, -0.25) is 4.79 Å². The van der Waals surface area contributed by atoms with Crippen LogP contribution >= 0.6 is 0 Å². The van der Waals surface area contributed by atoms with Crippen LogP contribution in [0.1, 0.15) is 45.8 Å². The lowest BCUT2D eigenvalue weighted by Crippen LogP contribution is -2.29. The predicted octanol–water partition coefficient (Wildman–Crippen LogP) is 5.17. The highest BCUT2D eigenvalue weighted by Gasteiger charge is 2.18. The van der Waals surface area contributed by atoms with E-state index in [2.05, 4.69) is 29.0 Å². The Labute approximate surface area is 201 Å². The van der Waals surface area contributed by atoms with Crippen molar-refractivity contribution in [3.05, 3.63) is 82.9 Å². The minimum atomic E-state index is -3.37. The highest BCUT2D eigenvalue weighted by Crippen LogP contribution is 2.27. The summed E-state index contributed by atoms with van der Waals surface area (Å²) in [6.07, 6.45) is 4.95. The maximum absolute atomic E-state index is 12.4. The molecule has 2 aromatic carbocycles. The molecular formula is C26H26F3NO5. The van der Waals surface area contributed by atoms with Crippen LogP contribution in [-0.2, 0) is 14.5 Å². The van der Waals surface area contributed by atoms with Crippen LogP contribution in [0, 0.1) is 0 Å². The molecule has 0 atom stereocenters. The van der Waals surface area contributed by atoms with Crippen molar-refractivity contribution >= 4 is 29.9 Å². The molecule has 0 spiro atoms. The van der Waals surface area contributed by atoms with E-state index in [0.29, 0.717) is 11.5 Å². The van der Waals surface area contributed by atoms with Gasteiger partial charge in [-0.25, -0.2) is 14.5 Å². The molecular weight excluding hydrogens is 463 g/mol. The van der Waals surface area contributed by atoms with Crippen LogP contribution in [0.2, 0.25) is 0 Å². The summed E-state index contributed by atoms with van der Waals surface area (Å²) in [6, 6.07) is 15.4. The van der Waals surface area contributed by atoms with Gasteiger partial charge in [0.2, 0.25) is 0 Å². The van der Waals surface area contributed by atoms with Gasteiger partial charge < -0.3 is 10.0 Å². The lowest BCUT2D eigenvalue weighted by molar-refractivity contribution is -0.196. The van der Waals surface area contributed by atoms with Crippen molar-refractivity contribution in [2.45, 2.75) is 25.2 Å². The molecule has 1 aliphatic heterocycles. The molecule has 1 saturated heterocycles. The third-order valence-corrected chi connectivity index (χ3v) is 5.42. The van der Waals surface area contributed by atoms with E-state index < -0.39 is 18.4 Å². The van der Waals surface area contributed by atoms with Crippen molar-refractivity contribution in [1.29, 1.82) is 0 Å². The second-order valence-corrected chi connectivity index (χ2v) is 7.93. The number of benzene rings is 2. The third kappa shape index (κ3) is 9.58. The molecule has 0 saturated carbocycles. The summed E-state index contributed by atoms with van der Waals surface area (Å²) < 4.78 is 31.7. The first-order chi connectivity index (χ1) is 16.7. The van der Waals surface area contributed by atoms with E-state index in [1.54, 1.807) is 12.2 Å². The number of ketones is 1. The number of carboxylic acid groups (broad SMARTS) is 1. The fourth-order valence-electron chi connectivity index (χ4n) is 3.45. The largest absolute Gasteiger partial charge is 0.478 e. The van der Waals surface area contributed by atoms with Crippen LogP contribution in [0.3, 0.4) is 0 Å². The van der Waals surface area contributed by atoms with Gasteiger partial charge in [0.1, 0.15) is 0 Å². The van der Waals surface area contributed by atoms with Crippen LogP contribution in [-0.4, -0.2) is 54.3 Å². The van der Waals surface area contributed by atoms with E-state index in [9.17, 15) is 22.9 Å². The number of alkyl halides is 2. The zero-order valence-electron chi connectivity index (χ0n) is 19.1. The Morgan fingerprint density at radius 3 is 1.89 bits per heavy atom. The zero-order chi connectivity index (χ0) is 25.8. The van der Waals surface area contributed by atoms with Crippen molar-refractivity contribution in [3.63, 3.8) is 0 Å². The molecule has 0 unspecified atom stereocenters. The first kappa shape index (κ1) is 27.5. The minimum Gasteiger partial charge on any atom is -0.478 e. The molecule has 1 fully saturated rings. The zero-order valence-corrected chi connectivity index (χ0v) is 19.1. The summed E-state index contributed by atoms with van der Waals surface area (Å²) in [6.45, 7) is 2.25. The van der Waals surface area contributed by atoms with Gasteiger partial charge in [-0.2, -0.15) is 8.78 Å². The number of rotatable bonds is 7. The number of nitrogens with zero attached hydrogens (tertiary/aromatic N) is 1. The summed E-state index contributed by atoms with van der Waals surface area (Å²) in [7, 11) is 2.16. The summed E-state index contributed by atoms with van der Waals surface area (Å²) in [4.78, 5) is 36.6. The van der Waals surface area contributed by atoms with Crippen molar-refractivity contribution in [2.75, 3.05) is 20.1 Å². The number of carbonyl (C=O) groups excluding carboxylic acids is 2. The Hall–Kier alpha value is -3.72. The molecule has 2 aromatic rings. The lowest BCUT2D eigenvalue weighted by Gasteiger charge is -2.29. The number of hydrogen-bond acceptors (Lipinski definition) is 5. The number of halogens is 3. The van der Waals surface area contributed by atoms with E-state index >= 15 is 0 Å². The molecule has 35 heavy (non-hydrogen) atoms. The SMILES string of the molecule is CN1CCC(c2ccc(C(=O)/C=C/c3ccc(/C=C/C(=O)O)cc3)cc2)CC1.O=C(OF)C(F)F. The Morgan fingerprint density at radius 1 is 0.943 bits per heavy atom. The first-order valence-electron chi connectivity index (χ1n) is 10.8. The molecule has 0 bridgehead atoms. The molecule has 0 aliphatic carbocycles. The number of carbonyl (C=O) groups is 3. The topological polar surface area (TPSA) is 83.9 Å². The quantitative estimate of drug-likeness (QED) is 0.427. The van der Waals surface area contributed by atoms with Gasteiger partial charge in [-0.15, -0.1) is 0 Å². The van der Waals surface area contributed by atoms with Gasteiger partial charge in [-0.1, -0.05) is 54.6 Å². The molecule has 1 aliphatic rings. The second-order valence-electron chi connectivity index (χ2n) is 7.93. The van der Waals surface area contributed by atoms with Crippen molar-refractivity contribution in [1.82, 2.24) is 4.90 Å². The molecule has 186 valence electrons. The number of aliphatic carboxylic acids is 1. The number of allylic oxidation sites excluding steroid dienone is 1. The Kier molecular flexibility index (Phi) is 10.9. The smallest absolute Gasteiger partial charge is 0.414 e. The maximum Gasteiger partial charge on any atom is 0.414 e. The van der Waals surface area contributed by atoms with Crippen LogP contribution in [0.25, 0.3) is 12.2 Å². The normalized spacial score (nSPS) is 14.7. The monoisotopic (exact) mass is 489 g/mol. The summed E-state index contributed by atoms with van der Waals surface area (Å²) >= 11 is 0. The maximum atomic E-state index is 12.4. The summed E-state index contributed by atoms with van der Waals surface area (Å²) in [5.41, 5.74) is 3.70. The number of likely N-dealkylation sites (tertiary alicyclic amines) is 1. The van der Waals surface area contributed by atoms with E-state index in [1.165, 1.54) is 24.5 Å². The van der Waals surface area contributed by atoms with Crippen LogP contribution in [0.5, 0.6) is 0 Å². The van der Waals surface area contributed by atoms with Gasteiger partial charge in [0.05, 0.1) is 0 Å². The van der Waals surface area contributed by atoms with Gasteiger partial charge in [0, 0.05) is 16.2 Å². The molecule has 3 rings (SSSR count). The summed E-state index contributed by atoms with van der Waals surface area (Å²) in [5.74, 6) is -2.56. The molecule has 6 nitrogen and oxygen atoms in total. The molecule has 1 N–H and O–H groups in total. The van der Waals surface area contributed by atoms with Crippen molar-refractivity contribution in [2.24, 2.45) is 0 Å². The molecule has 0 aromatic heterocycles. The fraction of sp³-hybridized carbons (Fsp3) is 0.269. The highest BCUT2D eigenvalue weighted by molar-refractivity contribution is 6.06. The standard InChI is InChI=1S/C24H25NO3.C2HF3O2/c1-25-16-14-21(15-17-25)20-8-10-22(11-9-20)23(26)12-6-18-2-4-19(5-3-18)7-13-24(27)28;3-1(4)2(6)7-5/h2-13,21H,14-17H2,1H3,(H,27,28);1H/b12-6+,13-7+;. The lowest BCUT2D eigenvalue weighted by atomic mass is 9.89. The van der Waals surface area contributed by atoms with Gasteiger partial charge in [0.15, 0.2) is 5.78 Å². The second kappa shape index (κ2) is 13.9. The van der Waals surface area contributed by atoms with E-state index in [1.807, 2.05) is 36.4 Å².